The quantitative estimate of drug-likeness (QED) is 0.310. The number of amides is 1. The van der Waals surface area contributed by atoms with Crippen molar-refractivity contribution in [1.29, 1.82) is 0 Å². The second-order valence-electron chi connectivity index (χ2n) is 9.66. The summed E-state index contributed by atoms with van der Waals surface area (Å²) in [6, 6.07) is 26.3. The molecule has 1 N–H and O–H groups in total. The summed E-state index contributed by atoms with van der Waals surface area (Å²) < 4.78 is 16.2. The summed E-state index contributed by atoms with van der Waals surface area (Å²) in [5, 5.41) is 5.50. The number of nitrogens with one attached hydrogen (secondary N) is 1. The maximum Gasteiger partial charge on any atom is 0.258 e. The van der Waals surface area contributed by atoms with Gasteiger partial charge in [-0.05, 0) is 67.1 Å². The number of hydrogen-bond donors (Lipinski definition) is 1. The van der Waals surface area contributed by atoms with Gasteiger partial charge in [0, 0.05) is 29.9 Å². The van der Waals surface area contributed by atoms with E-state index in [9.17, 15) is 9.18 Å². The first kappa shape index (κ1) is 23.9. The van der Waals surface area contributed by atoms with Crippen molar-refractivity contribution >= 4 is 11.6 Å². The summed E-state index contributed by atoms with van der Waals surface area (Å²) in [6.45, 7) is 6.10. The predicted molar refractivity (Wildman–Crippen MR) is 146 cm³/mol. The molecule has 0 atom stereocenters. The molecule has 0 unspecified atom stereocenters. The molecule has 1 saturated heterocycles. The number of aromatic nitrogens is 1. The summed E-state index contributed by atoms with van der Waals surface area (Å²) in [4.78, 5) is 14.1. The maximum atomic E-state index is 14.1. The van der Waals surface area contributed by atoms with Crippen LogP contribution in [0.5, 0.6) is 0 Å². The zero-order chi connectivity index (χ0) is 25.1. The largest absolute Gasteiger partial charge is 0.322 e. The van der Waals surface area contributed by atoms with Crippen LogP contribution in [0.1, 0.15) is 55.1 Å². The van der Waals surface area contributed by atoms with Crippen LogP contribution < -0.4 is 10.3 Å². The van der Waals surface area contributed by atoms with Crippen LogP contribution >= 0.6 is 0 Å². The molecule has 4 nitrogen and oxygen atoms in total. The van der Waals surface area contributed by atoms with Gasteiger partial charge in [-0.2, -0.15) is 0 Å². The van der Waals surface area contributed by atoms with Gasteiger partial charge in [-0.15, -0.1) is 0 Å². The van der Waals surface area contributed by atoms with Gasteiger partial charge in [0.25, 0.3) is 5.91 Å². The molecule has 0 aliphatic carbocycles. The molecule has 0 radical (unpaired) electrons. The number of hydrogen-bond acceptors (Lipinski definition) is 2. The van der Waals surface area contributed by atoms with Gasteiger partial charge in [-0.25, -0.2) is 4.39 Å². The number of anilines is 1. The average Bonchev–Trinajstić information content (AvgIpc) is 3.27. The second kappa shape index (κ2) is 10.4. The molecular formula is C31H32FN3O. The van der Waals surface area contributed by atoms with E-state index in [1.54, 1.807) is 0 Å². The molecule has 2 heterocycles. The molecule has 1 aliphatic heterocycles. The highest BCUT2D eigenvalue weighted by molar-refractivity contribution is 6.12. The van der Waals surface area contributed by atoms with Gasteiger partial charge in [0.05, 0.1) is 17.0 Å². The first-order chi connectivity index (χ1) is 17.5. The topological polar surface area (TPSA) is 37.3 Å². The Morgan fingerprint density at radius 3 is 2.03 bits per heavy atom. The number of piperidine rings is 1. The van der Waals surface area contributed by atoms with Crippen LogP contribution in [-0.2, 0) is 0 Å². The Bertz CT molecular complexity index is 1320. The van der Waals surface area contributed by atoms with Crippen molar-refractivity contribution in [2.24, 2.45) is 0 Å². The number of halogens is 1. The number of rotatable bonds is 6. The first-order valence-corrected chi connectivity index (χ1v) is 12.8. The molecule has 4 aromatic rings. The molecule has 1 aromatic heterocycles. The van der Waals surface area contributed by atoms with Crippen molar-refractivity contribution < 1.29 is 9.18 Å². The van der Waals surface area contributed by atoms with Crippen molar-refractivity contribution in [3.05, 3.63) is 102 Å². The van der Waals surface area contributed by atoms with Gasteiger partial charge in [-0.3, -0.25) is 9.47 Å². The molecule has 0 saturated carbocycles. The van der Waals surface area contributed by atoms with Gasteiger partial charge in [0.1, 0.15) is 5.82 Å². The Hall–Kier alpha value is -3.86. The lowest BCUT2D eigenvalue weighted by molar-refractivity contribution is 0.102. The number of nitrogens with zero attached hydrogens (tertiary/aromatic N) is 2. The average molecular weight is 482 g/mol. The minimum Gasteiger partial charge on any atom is -0.322 e. The summed E-state index contributed by atoms with van der Waals surface area (Å²) >= 11 is 0. The number of benzene rings is 3. The molecule has 1 aliphatic rings. The maximum absolute atomic E-state index is 14.1. The zero-order valence-electron chi connectivity index (χ0n) is 20.9. The van der Waals surface area contributed by atoms with E-state index in [4.69, 9.17) is 0 Å². The van der Waals surface area contributed by atoms with Gasteiger partial charge in [-0.1, -0.05) is 62.4 Å². The van der Waals surface area contributed by atoms with E-state index >= 15 is 0 Å². The van der Waals surface area contributed by atoms with Crippen LogP contribution in [0.3, 0.4) is 0 Å². The third-order valence-corrected chi connectivity index (χ3v) is 6.78. The molecule has 36 heavy (non-hydrogen) atoms. The molecule has 184 valence electrons. The van der Waals surface area contributed by atoms with Gasteiger partial charge in [0.15, 0.2) is 0 Å². The highest BCUT2D eigenvalue weighted by atomic mass is 19.1. The lowest BCUT2D eigenvalue weighted by Crippen LogP contribution is -2.41. The lowest BCUT2D eigenvalue weighted by Gasteiger charge is -2.34. The summed E-state index contributed by atoms with van der Waals surface area (Å²) in [5.41, 5.74) is 6.07. The molecule has 0 spiro atoms. The zero-order valence-corrected chi connectivity index (χ0v) is 20.9. The lowest BCUT2D eigenvalue weighted by atomic mass is 9.94. The van der Waals surface area contributed by atoms with E-state index < -0.39 is 0 Å². The highest BCUT2D eigenvalue weighted by Gasteiger charge is 2.33. The Labute approximate surface area is 212 Å². The van der Waals surface area contributed by atoms with Crippen molar-refractivity contribution in [2.75, 3.05) is 23.4 Å². The van der Waals surface area contributed by atoms with E-state index in [0.29, 0.717) is 5.56 Å². The number of carbonyl (C=O) groups excluding carboxylic acids is 1. The van der Waals surface area contributed by atoms with E-state index in [1.165, 1.54) is 18.6 Å². The fourth-order valence-corrected chi connectivity index (χ4v) is 5.19. The smallest absolute Gasteiger partial charge is 0.258 e. The monoisotopic (exact) mass is 481 g/mol. The van der Waals surface area contributed by atoms with E-state index in [2.05, 4.69) is 28.8 Å². The molecule has 5 heteroatoms. The van der Waals surface area contributed by atoms with E-state index in [1.807, 2.05) is 72.8 Å². The molecule has 5 rings (SSSR count). The predicted octanol–water partition coefficient (Wildman–Crippen LogP) is 7.46. The highest BCUT2D eigenvalue weighted by Crippen LogP contribution is 2.42. The van der Waals surface area contributed by atoms with E-state index in [0.717, 1.165) is 59.7 Å². The van der Waals surface area contributed by atoms with Crippen LogP contribution in [0.15, 0.2) is 84.9 Å². The molecular weight excluding hydrogens is 449 g/mol. The molecule has 1 fully saturated rings. The minimum atomic E-state index is -0.276. The SMILES string of the molecule is CC(C)c1c(C(=O)Nc2ccccc2)c(-c2ccccc2)c(-c2ccc(F)cc2)n1N1CCCCC1. The van der Waals surface area contributed by atoms with Crippen molar-refractivity contribution in [2.45, 2.75) is 39.0 Å². The molecule has 0 bridgehead atoms. The molecule has 1 amide bonds. The number of para-hydroxylation sites is 1. The van der Waals surface area contributed by atoms with E-state index in [-0.39, 0.29) is 17.6 Å². The summed E-state index contributed by atoms with van der Waals surface area (Å²) in [6.07, 6.45) is 3.41. The van der Waals surface area contributed by atoms with Crippen LogP contribution in [0.2, 0.25) is 0 Å². The third kappa shape index (κ3) is 4.66. The van der Waals surface area contributed by atoms with Crippen LogP contribution in [0, 0.1) is 5.82 Å². The number of carbonyl (C=O) groups is 1. The van der Waals surface area contributed by atoms with Crippen molar-refractivity contribution in [1.82, 2.24) is 4.68 Å². The standard InChI is InChI=1S/C31H32FN3O/c1-22(2)29-28(31(36)33-26-14-8-4-9-15-26)27(23-12-6-3-7-13-23)30(24-16-18-25(32)19-17-24)35(29)34-20-10-5-11-21-34/h3-4,6-9,12-19,22H,5,10-11,20-21H2,1-2H3,(H,33,36). The van der Waals surface area contributed by atoms with Crippen LogP contribution in [-0.4, -0.2) is 23.7 Å². The van der Waals surface area contributed by atoms with Gasteiger partial charge < -0.3 is 10.3 Å². The van der Waals surface area contributed by atoms with Crippen LogP contribution in [0.4, 0.5) is 10.1 Å². The Morgan fingerprint density at radius 1 is 0.806 bits per heavy atom. The minimum absolute atomic E-state index is 0.0834. The van der Waals surface area contributed by atoms with Gasteiger partial charge >= 0.3 is 0 Å². The molecule has 3 aromatic carbocycles. The fraction of sp³-hybridized carbons (Fsp3) is 0.258. The Kier molecular flexibility index (Phi) is 6.90. The summed E-state index contributed by atoms with van der Waals surface area (Å²) in [7, 11) is 0. The van der Waals surface area contributed by atoms with Crippen molar-refractivity contribution in [3.8, 4) is 22.4 Å². The Balaban J connectivity index is 1.82. The van der Waals surface area contributed by atoms with Crippen molar-refractivity contribution in [3.63, 3.8) is 0 Å². The Morgan fingerprint density at radius 2 is 1.42 bits per heavy atom. The van der Waals surface area contributed by atoms with Gasteiger partial charge in [0.2, 0.25) is 0 Å². The second-order valence-corrected chi connectivity index (χ2v) is 9.66. The first-order valence-electron chi connectivity index (χ1n) is 12.8. The fourth-order valence-electron chi connectivity index (χ4n) is 5.19. The van der Waals surface area contributed by atoms with Crippen LogP contribution in [0.25, 0.3) is 22.4 Å². The normalized spacial score (nSPS) is 13.7. The third-order valence-electron chi connectivity index (χ3n) is 6.78. The summed E-state index contributed by atoms with van der Waals surface area (Å²) in [5.74, 6) is -0.329.